The molecule has 0 unspecified atom stereocenters. The lowest BCUT2D eigenvalue weighted by molar-refractivity contribution is -0.123. The summed E-state index contributed by atoms with van der Waals surface area (Å²) < 4.78 is 5.17. The minimum absolute atomic E-state index is 0.0459. The Hall–Kier alpha value is -2.83. The van der Waals surface area contributed by atoms with E-state index < -0.39 is 6.16 Å². The molecule has 0 bridgehead atoms. The molecule has 1 heterocycles. The summed E-state index contributed by atoms with van der Waals surface area (Å²) >= 11 is 7.24. The fraction of sp³-hybridized carbons (Fsp3) is 0.357. The molecule has 5 nitrogen and oxygen atoms in total. The molecule has 1 aliphatic carbocycles. The van der Waals surface area contributed by atoms with Gasteiger partial charge in [0.15, 0.2) is 0 Å². The summed E-state index contributed by atoms with van der Waals surface area (Å²) in [6.07, 6.45) is 2.41. The van der Waals surface area contributed by atoms with Gasteiger partial charge in [0, 0.05) is 21.9 Å². The molecule has 7 heteroatoms. The third-order valence-electron chi connectivity index (χ3n) is 6.59. The normalized spacial score (nSPS) is 17.9. The summed E-state index contributed by atoms with van der Waals surface area (Å²) in [5, 5.41) is 10.3. The fourth-order valence-electron chi connectivity index (χ4n) is 4.65. The Morgan fingerprint density at radius 1 is 0.971 bits per heavy atom. The zero-order chi connectivity index (χ0) is 25.1. The molecule has 1 saturated carbocycles. The second-order valence-corrected chi connectivity index (χ2v) is 10.9. The van der Waals surface area contributed by atoms with Crippen LogP contribution in [-0.2, 0) is 4.79 Å². The molecule has 0 spiro atoms. The summed E-state index contributed by atoms with van der Waals surface area (Å²) in [6, 6.07) is 17.4. The maximum atomic E-state index is 13.6. The Balaban J connectivity index is 1.66. The van der Waals surface area contributed by atoms with Gasteiger partial charge >= 0.3 is 6.16 Å². The van der Waals surface area contributed by atoms with Crippen LogP contribution < -0.4 is 9.64 Å². The van der Waals surface area contributed by atoms with E-state index in [1.54, 1.807) is 4.90 Å². The van der Waals surface area contributed by atoms with Crippen LogP contribution in [-0.4, -0.2) is 23.2 Å². The molecule has 0 aliphatic heterocycles. The van der Waals surface area contributed by atoms with Crippen LogP contribution in [0.1, 0.15) is 46.5 Å². The lowest BCUT2D eigenvalue weighted by Gasteiger charge is -2.33. The number of halogens is 1. The molecule has 4 rings (SSSR count). The second kappa shape index (κ2) is 10.8. The SMILES string of the molecule is CC1CCC(C(=O)N(c2cc(-c3ccc(-c4ccc(Cl)cc4)cc3)sc2OC(=O)O)C(C)C)CC1. The molecule has 184 valence electrons. The predicted octanol–water partition coefficient (Wildman–Crippen LogP) is 8.36. The van der Waals surface area contributed by atoms with Crippen molar-refractivity contribution in [3.63, 3.8) is 0 Å². The summed E-state index contributed by atoms with van der Waals surface area (Å²) in [6.45, 7) is 6.13. The number of thiophene rings is 1. The van der Waals surface area contributed by atoms with Crippen molar-refractivity contribution in [1.82, 2.24) is 0 Å². The molecule has 1 aliphatic rings. The van der Waals surface area contributed by atoms with Crippen molar-refractivity contribution in [2.24, 2.45) is 11.8 Å². The van der Waals surface area contributed by atoms with Crippen molar-refractivity contribution < 1.29 is 19.4 Å². The smallest absolute Gasteiger partial charge is 0.449 e. The first-order chi connectivity index (χ1) is 16.7. The summed E-state index contributed by atoms with van der Waals surface area (Å²) in [5.41, 5.74) is 3.56. The number of rotatable bonds is 6. The van der Waals surface area contributed by atoms with E-state index in [0.717, 1.165) is 47.3 Å². The lowest BCUT2D eigenvalue weighted by atomic mass is 9.82. The monoisotopic (exact) mass is 511 g/mol. The molecule has 3 aromatic rings. The van der Waals surface area contributed by atoms with Gasteiger partial charge in [-0.25, -0.2) is 4.79 Å². The maximum Gasteiger partial charge on any atom is 0.512 e. The molecule has 35 heavy (non-hydrogen) atoms. The number of nitrogens with zero attached hydrogens (tertiary/aromatic N) is 1. The minimum Gasteiger partial charge on any atom is -0.449 e. The number of benzene rings is 2. The van der Waals surface area contributed by atoms with Gasteiger partial charge in [0.1, 0.15) is 0 Å². The highest BCUT2D eigenvalue weighted by Crippen LogP contribution is 2.45. The lowest BCUT2D eigenvalue weighted by Crippen LogP contribution is -2.42. The number of hydrogen-bond donors (Lipinski definition) is 1. The van der Waals surface area contributed by atoms with Crippen LogP contribution in [0.3, 0.4) is 0 Å². The zero-order valence-electron chi connectivity index (χ0n) is 20.2. The van der Waals surface area contributed by atoms with Crippen molar-refractivity contribution in [1.29, 1.82) is 0 Å². The highest BCUT2D eigenvalue weighted by atomic mass is 35.5. The third kappa shape index (κ3) is 5.88. The van der Waals surface area contributed by atoms with Crippen molar-refractivity contribution in [2.75, 3.05) is 4.90 Å². The number of carboxylic acid groups (broad SMARTS) is 1. The molecular formula is C28H30ClNO4S. The average Bonchev–Trinajstić information content (AvgIpc) is 3.22. The molecule has 0 atom stereocenters. The molecule has 0 saturated heterocycles. The van der Waals surface area contributed by atoms with Crippen LogP contribution in [0, 0.1) is 11.8 Å². The molecule has 1 amide bonds. The van der Waals surface area contributed by atoms with Gasteiger partial charge in [-0.3, -0.25) is 4.79 Å². The fourth-order valence-corrected chi connectivity index (χ4v) is 5.78. The van der Waals surface area contributed by atoms with Crippen molar-refractivity contribution in [3.8, 4) is 26.6 Å². The van der Waals surface area contributed by atoms with Gasteiger partial charge in [-0.15, -0.1) is 0 Å². The number of ether oxygens (including phenoxy) is 1. The zero-order valence-corrected chi connectivity index (χ0v) is 21.7. The van der Waals surface area contributed by atoms with E-state index in [4.69, 9.17) is 16.3 Å². The van der Waals surface area contributed by atoms with Gasteiger partial charge < -0.3 is 14.7 Å². The first kappa shape index (κ1) is 25.3. The number of amides is 1. The standard InChI is InChI=1S/C28H30ClNO4S/c1-17(2)30(26(31)22-6-4-18(3)5-7-22)24-16-25(35-27(24)34-28(32)33)21-10-8-19(9-11-21)20-12-14-23(29)15-13-20/h8-18,22H,4-7H2,1-3H3,(H,32,33). The van der Waals surface area contributed by atoms with Crippen molar-refractivity contribution >= 4 is 40.7 Å². The van der Waals surface area contributed by atoms with Crippen LogP contribution in [0.4, 0.5) is 10.5 Å². The predicted molar refractivity (Wildman–Crippen MR) is 143 cm³/mol. The van der Waals surface area contributed by atoms with E-state index in [-0.39, 0.29) is 22.9 Å². The Bertz CT molecular complexity index is 1180. The van der Waals surface area contributed by atoms with E-state index in [1.165, 1.54) is 11.3 Å². The molecule has 0 radical (unpaired) electrons. The minimum atomic E-state index is -1.39. The van der Waals surface area contributed by atoms with E-state index in [2.05, 4.69) is 6.92 Å². The maximum absolute atomic E-state index is 13.6. The first-order valence-electron chi connectivity index (χ1n) is 12.0. The quantitative estimate of drug-likeness (QED) is 0.337. The number of hydrogen-bond acceptors (Lipinski definition) is 4. The number of carbonyl (C=O) groups excluding carboxylic acids is 1. The Labute approximate surface area is 215 Å². The van der Waals surface area contributed by atoms with Crippen LogP contribution in [0.25, 0.3) is 21.6 Å². The van der Waals surface area contributed by atoms with Gasteiger partial charge in [-0.2, -0.15) is 0 Å². The Kier molecular flexibility index (Phi) is 7.82. The van der Waals surface area contributed by atoms with E-state index in [0.29, 0.717) is 16.6 Å². The van der Waals surface area contributed by atoms with Crippen molar-refractivity contribution in [3.05, 3.63) is 59.6 Å². The average molecular weight is 512 g/mol. The van der Waals surface area contributed by atoms with Gasteiger partial charge in [-0.05, 0) is 80.3 Å². The van der Waals surface area contributed by atoms with Crippen LogP contribution in [0.2, 0.25) is 5.02 Å². The Morgan fingerprint density at radius 3 is 2.06 bits per heavy atom. The number of carbonyl (C=O) groups is 2. The molecule has 2 aromatic carbocycles. The first-order valence-corrected chi connectivity index (χ1v) is 13.2. The van der Waals surface area contributed by atoms with Crippen LogP contribution in [0.15, 0.2) is 54.6 Å². The van der Waals surface area contributed by atoms with E-state index in [1.807, 2.05) is 68.4 Å². The molecule has 1 N–H and O–H groups in total. The van der Waals surface area contributed by atoms with Gasteiger partial charge in [0.25, 0.3) is 0 Å². The van der Waals surface area contributed by atoms with Crippen LogP contribution in [0.5, 0.6) is 5.06 Å². The van der Waals surface area contributed by atoms with Crippen molar-refractivity contribution in [2.45, 2.75) is 52.5 Å². The van der Waals surface area contributed by atoms with Gasteiger partial charge in [0.2, 0.25) is 11.0 Å². The second-order valence-electron chi connectivity index (χ2n) is 9.49. The van der Waals surface area contributed by atoms with Crippen LogP contribution >= 0.6 is 22.9 Å². The third-order valence-corrected chi connectivity index (χ3v) is 7.89. The summed E-state index contributed by atoms with van der Waals surface area (Å²) in [7, 11) is 0. The van der Waals surface area contributed by atoms with Gasteiger partial charge in [-0.1, -0.05) is 66.3 Å². The van der Waals surface area contributed by atoms with Gasteiger partial charge in [0.05, 0.1) is 5.69 Å². The highest BCUT2D eigenvalue weighted by Gasteiger charge is 2.33. The molecule has 1 aromatic heterocycles. The summed E-state index contributed by atoms with van der Waals surface area (Å²) in [5.74, 6) is 0.638. The largest absolute Gasteiger partial charge is 0.512 e. The van der Waals surface area contributed by atoms with E-state index >= 15 is 0 Å². The topological polar surface area (TPSA) is 66.8 Å². The Morgan fingerprint density at radius 2 is 1.51 bits per heavy atom. The molecular weight excluding hydrogens is 482 g/mol. The number of anilines is 1. The summed E-state index contributed by atoms with van der Waals surface area (Å²) in [4.78, 5) is 27.6. The highest BCUT2D eigenvalue weighted by molar-refractivity contribution is 7.18. The van der Waals surface area contributed by atoms with E-state index in [9.17, 15) is 14.7 Å². The molecule has 1 fully saturated rings.